The molecule has 1 aliphatic rings. The molecule has 0 radical (unpaired) electrons. The van der Waals surface area contributed by atoms with Crippen LogP contribution in [0.25, 0.3) is 0 Å². The van der Waals surface area contributed by atoms with E-state index in [4.69, 9.17) is 16.3 Å². The van der Waals surface area contributed by atoms with Gasteiger partial charge in [0.05, 0.1) is 5.02 Å². The molecular weight excluding hydrogens is 230 g/mol. The largest absolute Gasteiger partial charge is 0.487 e. The van der Waals surface area contributed by atoms with Crippen LogP contribution in [-0.2, 0) is 4.79 Å². The SMILES string of the molecule is CN[C@H]1COc2cc(Cl)cnc2N(C)C1=O. The first kappa shape index (κ1) is 11.2. The minimum Gasteiger partial charge on any atom is -0.487 e. The molecule has 1 aliphatic heterocycles. The normalized spacial score (nSPS) is 20.1. The molecule has 1 aromatic heterocycles. The third kappa shape index (κ3) is 1.83. The summed E-state index contributed by atoms with van der Waals surface area (Å²) < 4.78 is 5.50. The number of nitrogens with zero attached hydrogens (tertiary/aromatic N) is 2. The molecule has 0 saturated carbocycles. The Balaban J connectivity index is 2.41. The molecule has 5 nitrogen and oxygen atoms in total. The Bertz CT molecular complexity index is 425. The van der Waals surface area contributed by atoms with E-state index in [2.05, 4.69) is 10.3 Å². The number of likely N-dealkylation sites (N-methyl/N-ethyl adjacent to an activating group) is 2. The maximum atomic E-state index is 11.9. The van der Waals surface area contributed by atoms with Gasteiger partial charge >= 0.3 is 0 Å². The van der Waals surface area contributed by atoms with Crippen molar-refractivity contribution in [1.82, 2.24) is 10.3 Å². The van der Waals surface area contributed by atoms with Gasteiger partial charge in [-0.25, -0.2) is 4.98 Å². The molecule has 0 spiro atoms. The monoisotopic (exact) mass is 241 g/mol. The van der Waals surface area contributed by atoms with Crippen molar-refractivity contribution in [3.8, 4) is 5.75 Å². The van der Waals surface area contributed by atoms with Crippen LogP contribution < -0.4 is 15.0 Å². The van der Waals surface area contributed by atoms with Crippen LogP contribution in [0.3, 0.4) is 0 Å². The lowest BCUT2D eigenvalue weighted by molar-refractivity contribution is -0.120. The fourth-order valence-corrected chi connectivity index (χ4v) is 1.71. The first-order valence-corrected chi connectivity index (χ1v) is 5.24. The summed E-state index contributed by atoms with van der Waals surface area (Å²) in [5.41, 5.74) is 0. The number of hydrogen-bond donors (Lipinski definition) is 1. The van der Waals surface area contributed by atoms with Crippen molar-refractivity contribution in [3.63, 3.8) is 0 Å². The van der Waals surface area contributed by atoms with Gasteiger partial charge in [-0.15, -0.1) is 0 Å². The predicted molar refractivity (Wildman–Crippen MR) is 61.0 cm³/mol. The van der Waals surface area contributed by atoms with E-state index >= 15 is 0 Å². The number of halogens is 1. The number of amides is 1. The highest BCUT2D eigenvalue weighted by Crippen LogP contribution is 2.30. The number of carbonyl (C=O) groups excluding carboxylic acids is 1. The summed E-state index contributed by atoms with van der Waals surface area (Å²) in [7, 11) is 3.39. The van der Waals surface area contributed by atoms with E-state index < -0.39 is 0 Å². The van der Waals surface area contributed by atoms with Crippen molar-refractivity contribution in [2.75, 3.05) is 25.6 Å². The number of anilines is 1. The van der Waals surface area contributed by atoms with Crippen molar-refractivity contribution in [2.24, 2.45) is 0 Å². The second kappa shape index (κ2) is 4.27. The Hall–Kier alpha value is -1.33. The lowest BCUT2D eigenvalue weighted by atomic mass is 10.3. The second-order valence-electron chi connectivity index (χ2n) is 3.52. The number of carbonyl (C=O) groups is 1. The zero-order valence-electron chi connectivity index (χ0n) is 9.03. The zero-order chi connectivity index (χ0) is 11.7. The number of aromatic nitrogens is 1. The molecule has 1 aromatic rings. The standard InChI is InChI=1S/C10H12ClN3O2/c1-12-7-5-16-8-3-6(11)4-13-9(8)14(2)10(7)15/h3-4,7,12H,5H2,1-2H3/t7-/m0/s1. The molecule has 16 heavy (non-hydrogen) atoms. The zero-order valence-corrected chi connectivity index (χ0v) is 9.78. The van der Waals surface area contributed by atoms with Gasteiger partial charge in [-0.05, 0) is 7.05 Å². The summed E-state index contributed by atoms with van der Waals surface area (Å²) in [5.74, 6) is 0.948. The van der Waals surface area contributed by atoms with Gasteiger partial charge < -0.3 is 10.1 Å². The molecule has 0 saturated heterocycles. The van der Waals surface area contributed by atoms with Crippen LogP contribution in [0.4, 0.5) is 5.82 Å². The molecule has 2 rings (SSSR count). The first-order chi connectivity index (χ1) is 7.63. The smallest absolute Gasteiger partial charge is 0.248 e. The maximum absolute atomic E-state index is 11.9. The molecule has 1 amide bonds. The van der Waals surface area contributed by atoms with Gasteiger partial charge in [0.25, 0.3) is 0 Å². The molecule has 0 bridgehead atoms. The Labute approximate surface area is 98.4 Å². The number of hydrogen-bond acceptors (Lipinski definition) is 4. The summed E-state index contributed by atoms with van der Waals surface area (Å²) in [6.45, 7) is 0.273. The highest BCUT2D eigenvalue weighted by atomic mass is 35.5. The fraction of sp³-hybridized carbons (Fsp3) is 0.400. The summed E-state index contributed by atoms with van der Waals surface area (Å²) in [5, 5.41) is 3.39. The molecule has 0 aromatic carbocycles. The van der Waals surface area contributed by atoms with Crippen molar-refractivity contribution in [1.29, 1.82) is 0 Å². The van der Waals surface area contributed by atoms with Crippen LogP contribution >= 0.6 is 11.6 Å². The Morgan fingerprint density at radius 3 is 3.12 bits per heavy atom. The molecule has 6 heteroatoms. The number of pyridine rings is 1. The van der Waals surface area contributed by atoms with E-state index in [-0.39, 0.29) is 18.6 Å². The van der Waals surface area contributed by atoms with Gasteiger partial charge in [0, 0.05) is 19.3 Å². The third-order valence-electron chi connectivity index (χ3n) is 2.50. The number of ether oxygens (including phenoxy) is 1. The molecule has 0 unspecified atom stereocenters. The topological polar surface area (TPSA) is 54.5 Å². The van der Waals surface area contributed by atoms with E-state index in [1.54, 1.807) is 20.2 Å². The van der Waals surface area contributed by atoms with Gasteiger partial charge in [0.2, 0.25) is 5.91 Å². The van der Waals surface area contributed by atoms with Crippen LogP contribution in [-0.4, -0.2) is 37.6 Å². The molecule has 0 fully saturated rings. The molecule has 86 valence electrons. The first-order valence-electron chi connectivity index (χ1n) is 4.86. The number of rotatable bonds is 1. The maximum Gasteiger partial charge on any atom is 0.248 e. The van der Waals surface area contributed by atoms with Crippen LogP contribution in [0.2, 0.25) is 5.02 Å². The minimum atomic E-state index is -0.363. The quantitative estimate of drug-likeness (QED) is 0.786. The number of fused-ring (bicyclic) bond motifs is 1. The average molecular weight is 242 g/mol. The van der Waals surface area contributed by atoms with Gasteiger partial charge in [-0.3, -0.25) is 9.69 Å². The van der Waals surface area contributed by atoms with Crippen molar-refractivity contribution >= 4 is 23.3 Å². The van der Waals surface area contributed by atoms with E-state index in [9.17, 15) is 4.79 Å². The summed E-state index contributed by atoms with van der Waals surface area (Å²) in [6.07, 6.45) is 1.49. The van der Waals surface area contributed by atoms with Crippen molar-refractivity contribution in [3.05, 3.63) is 17.3 Å². The molecule has 1 N–H and O–H groups in total. The van der Waals surface area contributed by atoms with E-state index in [0.717, 1.165) is 0 Å². The molecule has 2 heterocycles. The Kier molecular flexibility index (Phi) is 2.98. The Morgan fingerprint density at radius 1 is 1.69 bits per heavy atom. The lowest BCUT2D eigenvalue weighted by Crippen LogP contribution is -2.45. The minimum absolute atomic E-state index is 0.0731. The lowest BCUT2D eigenvalue weighted by Gasteiger charge is -2.17. The highest BCUT2D eigenvalue weighted by molar-refractivity contribution is 6.30. The average Bonchev–Trinajstić information content (AvgIpc) is 2.38. The Morgan fingerprint density at radius 2 is 2.44 bits per heavy atom. The molecule has 0 aliphatic carbocycles. The van der Waals surface area contributed by atoms with Crippen LogP contribution in [0.15, 0.2) is 12.3 Å². The van der Waals surface area contributed by atoms with Gasteiger partial charge in [-0.2, -0.15) is 0 Å². The van der Waals surface area contributed by atoms with E-state index in [1.807, 2.05) is 0 Å². The van der Waals surface area contributed by atoms with Crippen LogP contribution in [0.1, 0.15) is 0 Å². The van der Waals surface area contributed by atoms with E-state index in [1.165, 1.54) is 11.1 Å². The summed E-state index contributed by atoms with van der Waals surface area (Å²) >= 11 is 5.82. The molecular formula is C10H12ClN3O2. The summed E-state index contributed by atoms with van der Waals surface area (Å²) in [6, 6.07) is 1.30. The van der Waals surface area contributed by atoms with Crippen LogP contribution in [0.5, 0.6) is 5.75 Å². The second-order valence-corrected chi connectivity index (χ2v) is 3.96. The van der Waals surface area contributed by atoms with Crippen LogP contribution in [0, 0.1) is 0 Å². The van der Waals surface area contributed by atoms with Gasteiger partial charge in [0.15, 0.2) is 11.6 Å². The van der Waals surface area contributed by atoms with E-state index in [0.29, 0.717) is 16.6 Å². The fourth-order valence-electron chi connectivity index (χ4n) is 1.56. The number of nitrogens with one attached hydrogen (secondary N) is 1. The summed E-state index contributed by atoms with van der Waals surface area (Å²) in [4.78, 5) is 17.5. The van der Waals surface area contributed by atoms with Crippen molar-refractivity contribution < 1.29 is 9.53 Å². The highest BCUT2D eigenvalue weighted by Gasteiger charge is 2.28. The van der Waals surface area contributed by atoms with Gasteiger partial charge in [0.1, 0.15) is 12.6 Å². The van der Waals surface area contributed by atoms with Crippen molar-refractivity contribution in [2.45, 2.75) is 6.04 Å². The third-order valence-corrected chi connectivity index (χ3v) is 2.71. The molecule has 1 atom stereocenters. The van der Waals surface area contributed by atoms with Gasteiger partial charge in [-0.1, -0.05) is 11.6 Å². The predicted octanol–water partition coefficient (Wildman–Crippen LogP) is 0.678.